The number of hydrogen-bond donors (Lipinski definition) is 0. The Morgan fingerprint density at radius 2 is 1.94 bits per heavy atom. The summed E-state index contributed by atoms with van der Waals surface area (Å²) >= 11 is 0. The van der Waals surface area contributed by atoms with Crippen molar-refractivity contribution in [3.05, 3.63) is 35.7 Å². The van der Waals surface area contributed by atoms with Gasteiger partial charge in [-0.25, -0.2) is 8.42 Å². The lowest BCUT2D eigenvalue weighted by Crippen LogP contribution is -2.40. The Morgan fingerprint density at radius 3 is 2.66 bits per heavy atom. The minimum atomic E-state index is -3.63. The zero-order valence-electron chi connectivity index (χ0n) is 17.3. The summed E-state index contributed by atoms with van der Waals surface area (Å²) in [6, 6.07) is 5.20. The lowest BCUT2D eigenvalue weighted by Gasteiger charge is -2.26. The fourth-order valence-electron chi connectivity index (χ4n) is 4.04. The van der Waals surface area contributed by atoms with E-state index < -0.39 is 10.0 Å². The average molecular weight is 456 g/mol. The van der Waals surface area contributed by atoms with Gasteiger partial charge in [-0.2, -0.15) is 14.1 Å². The second-order valence-corrected chi connectivity index (χ2v) is 9.93. The Kier molecular flexibility index (Phi) is 4.42. The second kappa shape index (κ2) is 7.22. The van der Waals surface area contributed by atoms with Crippen molar-refractivity contribution in [3.63, 3.8) is 0 Å². The van der Waals surface area contributed by atoms with Gasteiger partial charge in [0, 0.05) is 30.5 Å². The number of hydrogen-bond acceptors (Lipinski definition) is 9. The molecule has 166 valence electrons. The molecule has 32 heavy (non-hydrogen) atoms. The highest BCUT2D eigenvalue weighted by Crippen LogP contribution is 2.44. The summed E-state index contributed by atoms with van der Waals surface area (Å²) in [7, 11) is -3.63. The van der Waals surface area contributed by atoms with Crippen LogP contribution >= 0.6 is 0 Å². The van der Waals surface area contributed by atoms with E-state index in [-0.39, 0.29) is 22.7 Å². The Hall–Kier alpha value is -3.09. The van der Waals surface area contributed by atoms with Crippen LogP contribution in [0.5, 0.6) is 0 Å². The molecule has 1 aliphatic heterocycles. The smallest absolute Gasteiger partial charge is 0.344 e. The van der Waals surface area contributed by atoms with Crippen molar-refractivity contribution in [1.82, 2.24) is 29.4 Å². The highest BCUT2D eigenvalue weighted by atomic mass is 32.2. The van der Waals surface area contributed by atoms with Gasteiger partial charge in [-0.15, -0.1) is 5.10 Å². The molecule has 1 saturated carbocycles. The molecular formula is C20H20N6O5S. The van der Waals surface area contributed by atoms with Gasteiger partial charge in [0.1, 0.15) is 0 Å². The number of fused-ring (bicyclic) bond motifs is 1. The summed E-state index contributed by atoms with van der Waals surface area (Å²) in [5, 5.41) is 17.4. The minimum absolute atomic E-state index is 0.181. The van der Waals surface area contributed by atoms with Crippen molar-refractivity contribution in [3.8, 4) is 17.7 Å². The van der Waals surface area contributed by atoms with Crippen LogP contribution in [0.1, 0.15) is 30.0 Å². The standard InChI is InChI=1S/C20H20N6O5S/c1-12-10-14(32(27,28)25-6-8-29-9-7-25)11-15-17(13-2-3-13)24-26(18(12)15)20-23-22-19(30-20)16-4-5-21-31-16/h4-5,10-11,13H,2-3,6-9H2,1H3. The molecule has 2 aliphatic rings. The normalized spacial score (nSPS) is 17.9. The first-order chi connectivity index (χ1) is 15.5. The van der Waals surface area contributed by atoms with Crippen LogP contribution in [0.15, 0.2) is 38.2 Å². The van der Waals surface area contributed by atoms with Gasteiger partial charge in [0.2, 0.25) is 15.8 Å². The topological polar surface area (TPSA) is 129 Å². The number of aromatic nitrogens is 5. The van der Waals surface area contributed by atoms with E-state index in [1.807, 2.05) is 6.92 Å². The number of nitrogens with zero attached hydrogens (tertiary/aromatic N) is 6. The predicted octanol–water partition coefficient (Wildman–Crippen LogP) is 2.27. The molecule has 11 nitrogen and oxygen atoms in total. The zero-order valence-corrected chi connectivity index (χ0v) is 18.1. The molecule has 0 bridgehead atoms. The first-order valence-electron chi connectivity index (χ1n) is 10.4. The van der Waals surface area contributed by atoms with Gasteiger partial charge >= 0.3 is 6.01 Å². The molecule has 1 saturated heterocycles. The van der Waals surface area contributed by atoms with Gasteiger partial charge in [0.15, 0.2) is 0 Å². The maximum Gasteiger partial charge on any atom is 0.344 e. The lowest BCUT2D eigenvalue weighted by atomic mass is 10.1. The largest absolute Gasteiger partial charge is 0.398 e. The number of ether oxygens (including phenoxy) is 1. The van der Waals surface area contributed by atoms with Gasteiger partial charge < -0.3 is 13.7 Å². The second-order valence-electron chi connectivity index (χ2n) is 7.99. The van der Waals surface area contributed by atoms with E-state index in [4.69, 9.17) is 18.8 Å². The van der Waals surface area contributed by atoms with E-state index in [1.54, 1.807) is 22.9 Å². The lowest BCUT2D eigenvalue weighted by molar-refractivity contribution is 0.0730. The van der Waals surface area contributed by atoms with Gasteiger partial charge in [0.25, 0.3) is 5.89 Å². The molecule has 0 unspecified atom stereocenters. The molecule has 0 radical (unpaired) electrons. The molecule has 6 rings (SSSR count). The van der Waals surface area contributed by atoms with Crippen LogP contribution in [0.25, 0.3) is 28.6 Å². The van der Waals surface area contributed by atoms with Crippen molar-refractivity contribution in [2.75, 3.05) is 26.3 Å². The van der Waals surface area contributed by atoms with Crippen molar-refractivity contribution in [1.29, 1.82) is 0 Å². The molecule has 4 aromatic rings. The predicted molar refractivity (Wildman–Crippen MR) is 111 cm³/mol. The van der Waals surface area contributed by atoms with Crippen LogP contribution in [0.2, 0.25) is 0 Å². The summed E-state index contributed by atoms with van der Waals surface area (Å²) in [5.41, 5.74) is 2.36. The van der Waals surface area contributed by atoms with E-state index in [0.29, 0.717) is 32.1 Å². The van der Waals surface area contributed by atoms with Crippen LogP contribution < -0.4 is 0 Å². The summed E-state index contributed by atoms with van der Waals surface area (Å²) < 4.78 is 45.8. The Bertz CT molecular complexity index is 1400. The molecule has 12 heteroatoms. The Balaban J connectivity index is 1.49. The zero-order chi connectivity index (χ0) is 21.9. The Labute approximate surface area is 183 Å². The fraction of sp³-hybridized carbons (Fsp3) is 0.400. The third-order valence-electron chi connectivity index (χ3n) is 5.79. The molecule has 0 N–H and O–H groups in total. The van der Waals surface area contributed by atoms with E-state index >= 15 is 0 Å². The van der Waals surface area contributed by atoms with E-state index in [2.05, 4.69) is 15.4 Å². The maximum absolute atomic E-state index is 13.3. The van der Waals surface area contributed by atoms with Gasteiger partial charge in [0.05, 0.1) is 35.5 Å². The monoisotopic (exact) mass is 456 g/mol. The van der Waals surface area contributed by atoms with Crippen molar-refractivity contribution < 1.29 is 22.1 Å². The summed E-state index contributed by atoms with van der Waals surface area (Å²) in [5.74, 6) is 0.840. The molecule has 1 aromatic carbocycles. The van der Waals surface area contributed by atoms with Gasteiger partial charge in [-0.3, -0.25) is 0 Å². The van der Waals surface area contributed by atoms with E-state index in [9.17, 15) is 8.42 Å². The number of morpholine rings is 1. The third kappa shape index (κ3) is 3.14. The van der Waals surface area contributed by atoms with Gasteiger partial charge in [-0.05, 0) is 37.5 Å². The van der Waals surface area contributed by atoms with Crippen LogP contribution in [-0.2, 0) is 14.8 Å². The quantitative estimate of drug-likeness (QED) is 0.444. The van der Waals surface area contributed by atoms with Crippen LogP contribution in [0.4, 0.5) is 0 Å². The molecule has 0 atom stereocenters. The molecular weight excluding hydrogens is 436 g/mol. The van der Waals surface area contributed by atoms with Gasteiger partial charge in [-0.1, -0.05) is 10.3 Å². The van der Waals surface area contributed by atoms with Crippen LogP contribution in [0.3, 0.4) is 0 Å². The van der Waals surface area contributed by atoms with Crippen molar-refractivity contribution in [2.24, 2.45) is 0 Å². The number of rotatable bonds is 5. The third-order valence-corrected chi connectivity index (χ3v) is 7.66. The molecule has 4 heterocycles. The SMILES string of the molecule is Cc1cc(S(=O)(=O)N2CCOCC2)cc2c(C3CC3)nn(-c3nnc(-c4ccno4)o3)c12. The molecule has 0 spiro atoms. The van der Waals surface area contributed by atoms with Crippen LogP contribution in [0, 0.1) is 6.92 Å². The molecule has 3 aromatic heterocycles. The number of aryl methyl sites for hydroxylation is 1. The highest BCUT2D eigenvalue weighted by molar-refractivity contribution is 7.89. The first kappa shape index (κ1) is 19.6. The minimum Gasteiger partial charge on any atom is -0.398 e. The van der Waals surface area contributed by atoms with Crippen LogP contribution in [-0.4, -0.2) is 64.2 Å². The van der Waals surface area contributed by atoms with E-state index in [0.717, 1.165) is 35.0 Å². The summed E-state index contributed by atoms with van der Waals surface area (Å²) in [6.45, 7) is 3.36. The van der Waals surface area contributed by atoms with Crippen molar-refractivity contribution >= 4 is 20.9 Å². The number of sulfonamides is 1. The Morgan fingerprint density at radius 1 is 1.12 bits per heavy atom. The maximum atomic E-state index is 13.3. The summed E-state index contributed by atoms with van der Waals surface area (Å²) in [4.78, 5) is 0.263. The molecule has 0 amide bonds. The fourth-order valence-corrected chi connectivity index (χ4v) is 5.56. The van der Waals surface area contributed by atoms with Crippen molar-refractivity contribution in [2.45, 2.75) is 30.6 Å². The van der Waals surface area contributed by atoms with E-state index in [1.165, 1.54) is 10.5 Å². The summed E-state index contributed by atoms with van der Waals surface area (Å²) in [6.07, 6.45) is 3.52. The molecule has 2 fully saturated rings. The average Bonchev–Trinajstić information content (AvgIpc) is 3.21. The molecule has 1 aliphatic carbocycles. The highest BCUT2D eigenvalue weighted by Gasteiger charge is 2.33. The number of benzene rings is 1. The first-order valence-corrected chi connectivity index (χ1v) is 11.8.